The Hall–Kier alpha value is -2.90. The molecule has 0 aromatic carbocycles. The summed E-state index contributed by atoms with van der Waals surface area (Å²) in [5.74, 6) is 1.87. The fraction of sp³-hybridized carbons (Fsp3) is 0.391. The van der Waals surface area contributed by atoms with Gasteiger partial charge in [0.25, 0.3) is 0 Å². The standard InChI is InChI=1S/C23H28N6O/c1-30-11-8-23-27-12-17(13-28-23)16-29-9-6-18(7-10-29)21-4-2-19(14-25-21)20-3-5-22(24)26-15-20/h2-5,12-15,18H,6-11,16H2,1H3,(H2,24,26). The zero-order chi connectivity index (χ0) is 20.8. The molecule has 1 aliphatic rings. The Morgan fingerprint density at radius 3 is 2.23 bits per heavy atom. The van der Waals surface area contributed by atoms with Gasteiger partial charge in [0.2, 0.25) is 0 Å². The van der Waals surface area contributed by atoms with Gasteiger partial charge in [0, 0.05) is 73.2 Å². The van der Waals surface area contributed by atoms with Crippen LogP contribution >= 0.6 is 0 Å². The van der Waals surface area contributed by atoms with E-state index < -0.39 is 0 Å². The van der Waals surface area contributed by atoms with E-state index in [-0.39, 0.29) is 0 Å². The van der Waals surface area contributed by atoms with E-state index in [4.69, 9.17) is 15.5 Å². The maximum atomic E-state index is 5.67. The Morgan fingerprint density at radius 2 is 1.63 bits per heavy atom. The first-order valence-electron chi connectivity index (χ1n) is 10.4. The fourth-order valence-electron chi connectivity index (χ4n) is 3.82. The molecule has 3 aromatic rings. The van der Waals surface area contributed by atoms with Crippen LogP contribution in [0.3, 0.4) is 0 Å². The molecule has 1 saturated heterocycles. The van der Waals surface area contributed by atoms with E-state index >= 15 is 0 Å². The molecule has 0 bridgehead atoms. The lowest BCUT2D eigenvalue weighted by Crippen LogP contribution is -2.32. The highest BCUT2D eigenvalue weighted by molar-refractivity contribution is 5.62. The van der Waals surface area contributed by atoms with E-state index in [0.717, 1.165) is 61.4 Å². The molecule has 1 aliphatic heterocycles. The molecule has 30 heavy (non-hydrogen) atoms. The minimum atomic E-state index is 0.507. The first-order valence-corrected chi connectivity index (χ1v) is 10.4. The van der Waals surface area contributed by atoms with Gasteiger partial charge in [-0.25, -0.2) is 15.0 Å². The number of hydrogen-bond acceptors (Lipinski definition) is 7. The summed E-state index contributed by atoms with van der Waals surface area (Å²) < 4.78 is 5.08. The van der Waals surface area contributed by atoms with Crippen LogP contribution in [0.5, 0.6) is 0 Å². The summed E-state index contributed by atoms with van der Waals surface area (Å²) in [7, 11) is 1.69. The maximum Gasteiger partial charge on any atom is 0.130 e. The Balaban J connectivity index is 1.29. The molecule has 7 heteroatoms. The maximum absolute atomic E-state index is 5.67. The van der Waals surface area contributed by atoms with Crippen LogP contribution in [0.2, 0.25) is 0 Å². The Kier molecular flexibility index (Phi) is 6.61. The number of nitrogens with two attached hydrogens (primary N) is 1. The minimum absolute atomic E-state index is 0.507. The topological polar surface area (TPSA) is 90.0 Å². The summed E-state index contributed by atoms with van der Waals surface area (Å²) in [5.41, 5.74) is 10.1. The van der Waals surface area contributed by atoms with Gasteiger partial charge in [-0.2, -0.15) is 0 Å². The number of methoxy groups -OCH3 is 1. The lowest BCUT2D eigenvalue weighted by atomic mass is 9.92. The van der Waals surface area contributed by atoms with Gasteiger partial charge in [0.05, 0.1) is 6.61 Å². The van der Waals surface area contributed by atoms with E-state index in [1.165, 1.54) is 5.69 Å². The van der Waals surface area contributed by atoms with Crippen molar-refractivity contribution in [3.05, 3.63) is 66.1 Å². The van der Waals surface area contributed by atoms with E-state index in [9.17, 15) is 0 Å². The van der Waals surface area contributed by atoms with Gasteiger partial charge in [0.15, 0.2) is 0 Å². The van der Waals surface area contributed by atoms with Crippen LogP contribution in [0.15, 0.2) is 49.1 Å². The van der Waals surface area contributed by atoms with Gasteiger partial charge >= 0.3 is 0 Å². The monoisotopic (exact) mass is 404 g/mol. The molecule has 0 saturated carbocycles. The number of pyridine rings is 2. The van der Waals surface area contributed by atoms with E-state index in [1.807, 2.05) is 30.7 Å². The van der Waals surface area contributed by atoms with Crippen molar-refractivity contribution in [2.24, 2.45) is 0 Å². The van der Waals surface area contributed by atoms with Crippen LogP contribution in [0.1, 0.15) is 35.8 Å². The van der Waals surface area contributed by atoms with Crippen LogP contribution in [-0.4, -0.2) is 51.6 Å². The van der Waals surface area contributed by atoms with Crippen LogP contribution in [-0.2, 0) is 17.7 Å². The third-order valence-electron chi connectivity index (χ3n) is 5.61. The molecule has 4 rings (SSSR count). The van der Waals surface area contributed by atoms with Gasteiger partial charge in [-0.1, -0.05) is 6.07 Å². The number of hydrogen-bond donors (Lipinski definition) is 1. The second-order valence-corrected chi connectivity index (χ2v) is 7.74. The zero-order valence-corrected chi connectivity index (χ0v) is 17.4. The second kappa shape index (κ2) is 9.73. The van der Waals surface area contributed by atoms with Crippen molar-refractivity contribution in [2.45, 2.75) is 31.7 Å². The minimum Gasteiger partial charge on any atom is -0.384 e. The molecule has 3 aromatic heterocycles. The number of nitrogens with zero attached hydrogens (tertiary/aromatic N) is 5. The third-order valence-corrected chi connectivity index (χ3v) is 5.61. The summed E-state index contributed by atoms with van der Waals surface area (Å²) in [6.07, 6.45) is 10.6. The van der Waals surface area contributed by atoms with E-state index in [1.54, 1.807) is 13.3 Å². The highest BCUT2D eigenvalue weighted by Crippen LogP contribution is 2.28. The highest BCUT2D eigenvalue weighted by atomic mass is 16.5. The lowest BCUT2D eigenvalue weighted by molar-refractivity contribution is 0.199. The molecule has 4 heterocycles. The van der Waals surface area contributed by atoms with Gasteiger partial charge in [-0.3, -0.25) is 9.88 Å². The Bertz CT molecular complexity index is 919. The summed E-state index contributed by atoms with van der Waals surface area (Å²) >= 11 is 0. The SMILES string of the molecule is COCCc1ncc(CN2CCC(c3ccc(-c4ccc(N)nc4)cn3)CC2)cn1. The summed E-state index contributed by atoms with van der Waals surface area (Å²) in [6.45, 7) is 3.66. The number of rotatable bonds is 7. The molecule has 7 nitrogen and oxygen atoms in total. The molecule has 0 unspecified atom stereocenters. The summed E-state index contributed by atoms with van der Waals surface area (Å²) in [6, 6.07) is 8.07. The van der Waals surface area contributed by atoms with Crippen molar-refractivity contribution in [1.82, 2.24) is 24.8 Å². The predicted octanol–water partition coefficient (Wildman–Crippen LogP) is 3.08. The quantitative estimate of drug-likeness (QED) is 0.647. The molecule has 0 atom stereocenters. The predicted molar refractivity (Wildman–Crippen MR) is 117 cm³/mol. The zero-order valence-electron chi connectivity index (χ0n) is 17.4. The van der Waals surface area contributed by atoms with Gasteiger partial charge < -0.3 is 10.5 Å². The molecular formula is C23H28N6O. The van der Waals surface area contributed by atoms with Gasteiger partial charge in [0.1, 0.15) is 11.6 Å². The number of ether oxygens (including phenoxy) is 1. The van der Waals surface area contributed by atoms with E-state index in [0.29, 0.717) is 18.3 Å². The van der Waals surface area contributed by atoms with Crippen molar-refractivity contribution in [2.75, 3.05) is 32.5 Å². The third kappa shape index (κ3) is 5.17. The molecule has 0 amide bonds. The summed E-state index contributed by atoms with van der Waals surface area (Å²) in [5, 5.41) is 0. The van der Waals surface area contributed by atoms with Crippen molar-refractivity contribution >= 4 is 5.82 Å². The molecule has 0 radical (unpaired) electrons. The number of aromatic nitrogens is 4. The highest BCUT2D eigenvalue weighted by Gasteiger charge is 2.21. The van der Waals surface area contributed by atoms with Gasteiger partial charge in [-0.15, -0.1) is 0 Å². The first-order chi connectivity index (χ1) is 14.7. The van der Waals surface area contributed by atoms with Crippen LogP contribution < -0.4 is 5.73 Å². The molecule has 0 spiro atoms. The summed E-state index contributed by atoms with van der Waals surface area (Å²) in [4.78, 5) is 20.3. The smallest absolute Gasteiger partial charge is 0.130 e. The second-order valence-electron chi connectivity index (χ2n) is 7.74. The number of piperidine rings is 1. The first kappa shape index (κ1) is 20.4. The molecule has 156 valence electrons. The van der Waals surface area contributed by atoms with Crippen LogP contribution in [0, 0.1) is 0 Å². The van der Waals surface area contributed by atoms with Crippen molar-refractivity contribution in [3.63, 3.8) is 0 Å². The normalized spacial score (nSPS) is 15.4. The van der Waals surface area contributed by atoms with Crippen molar-refractivity contribution < 1.29 is 4.74 Å². The number of nitrogen functional groups attached to an aromatic ring is 1. The van der Waals surface area contributed by atoms with Crippen molar-refractivity contribution in [1.29, 1.82) is 0 Å². The molecule has 2 N–H and O–H groups in total. The lowest BCUT2D eigenvalue weighted by Gasteiger charge is -2.31. The molecule has 1 fully saturated rings. The van der Waals surface area contributed by atoms with Crippen molar-refractivity contribution in [3.8, 4) is 11.1 Å². The largest absolute Gasteiger partial charge is 0.384 e. The Morgan fingerprint density at radius 1 is 0.933 bits per heavy atom. The number of anilines is 1. The molecular weight excluding hydrogens is 376 g/mol. The molecule has 0 aliphatic carbocycles. The van der Waals surface area contributed by atoms with Gasteiger partial charge in [-0.05, 0) is 44.1 Å². The Labute approximate surface area is 177 Å². The van der Waals surface area contributed by atoms with E-state index in [2.05, 4.69) is 32.0 Å². The average Bonchev–Trinajstić information content (AvgIpc) is 2.80. The average molecular weight is 405 g/mol. The number of likely N-dealkylation sites (tertiary alicyclic amines) is 1. The van der Waals surface area contributed by atoms with Crippen LogP contribution in [0.4, 0.5) is 5.82 Å². The van der Waals surface area contributed by atoms with Crippen LogP contribution in [0.25, 0.3) is 11.1 Å². The fourth-order valence-corrected chi connectivity index (χ4v) is 3.82.